The second-order valence-corrected chi connectivity index (χ2v) is 9.52. The van der Waals surface area contributed by atoms with Crippen molar-refractivity contribution in [3.8, 4) is 11.5 Å². The number of hydrogen-bond acceptors (Lipinski definition) is 5. The van der Waals surface area contributed by atoms with E-state index < -0.39 is 11.9 Å². The second kappa shape index (κ2) is 9.49. The Bertz CT molecular complexity index is 1330. The average molecular weight is 485 g/mol. The van der Waals surface area contributed by atoms with E-state index in [1.807, 2.05) is 43.3 Å². The molecule has 1 fully saturated rings. The minimum Gasteiger partial charge on any atom is -0.454 e. The first-order valence-electron chi connectivity index (χ1n) is 12.0. The quantitative estimate of drug-likeness (QED) is 0.469. The Kier molecular flexibility index (Phi) is 6.22. The number of aryl methyl sites for hydroxylation is 1. The number of amides is 3. The van der Waals surface area contributed by atoms with E-state index in [9.17, 15) is 14.4 Å². The molecule has 3 aromatic carbocycles. The van der Waals surface area contributed by atoms with Crippen molar-refractivity contribution < 1.29 is 23.9 Å². The maximum atomic E-state index is 13.7. The molecule has 3 aromatic rings. The molecule has 2 heterocycles. The lowest BCUT2D eigenvalue weighted by atomic mass is 10.0. The SMILES string of the molecule is Cc1cccc(C(=O)N(Cc2ccc3c(c2)OCO3)C2CC(=O)N(c3ccc(C(C)C)cc3)C2=O)c1. The zero-order valence-corrected chi connectivity index (χ0v) is 20.6. The topological polar surface area (TPSA) is 76.2 Å². The van der Waals surface area contributed by atoms with Gasteiger partial charge in [0.25, 0.3) is 11.8 Å². The van der Waals surface area contributed by atoms with Crippen LogP contribution in [0.25, 0.3) is 0 Å². The van der Waals surface area contributed by atoms with Crippen LogP contribution in [0.4, 0.5) is 5.69 Å². The lowest BCUT2D eigenvalue weighted by molar-refractivity contribution is -0.122. The molecule has 2 aliphatic heterocycles. The molecule has 0 aliphatic carbocycles. The van der Waals surface area contributed by atoms with Crippen molar-refractivity contribution in [2.45, 2.75) is 45.7 Å². The molecule has 184 valence electrons. The predicted octanol–water partition coefficient (Wildman–Crippen LogP) is 4.82. The summed E-state index contributed by atoms with van der Waals surface area (Å²) in [6.45, 7) is 6.37. The van der Waals surface area contributed by atoms with Crippen LogP contribution < -0.4 is 14.4 Å². The van der Waals surface area contributed by atoms with Gasteiger partial charge >= 0.3 is 0 Å². The molecule has 5 rings (SSSR count). The number of nitrogens with zero attached hydrogens (tertiary/aromatic N) is 2. The highest BCUT2D eigenvalue weighted by Crippen LogP contribution is 2.34. The average Bonchev–Trinajstić information content (AvgIpc) is 3.45. The number of fused-ring (bicyclic) bond motifs is 1. The Balaban J connectivity index is 1.48. The summed E-state index contributed by atoms with van der Waals surface area (Å²) in [6.07, 6.45) is -0.0765. The molecule has 0 bridgehead atoms. The van der Waals surface area contributed by atoms with Gasteiger partial charge in [0, 0.05) is 12.1 Å². The monoisotopic (exact) mass is 484 g/mol. The molecule has 7 nitrogen and oxygen atoms in total. The summed E-state index contributed by atoms with van der Waals surface area (Å²) in [6, 6.07) is 19.2. The maximum absolute atomic E-state index is 13.7. The number of rotatable bonds is 6. The van der Waals surface area contributed by atoms with Crippen LogP contribution in [-0.2, 0) is 16.1 Å². The minimum atomic E-state index is -0.916. The number of carbonyl (C=O) groups excluding carboxylic acids is 3. The number of ether oxygens (including phenoxy) is 2. The summed E-state index contributed by atoms with van der Waals surface area (Å²) < 4.78 is 10.9. The van der Waals surface area contributed by atoms with Gasteiger partial charge in [-0.25, -0.2) is 4.90 Å². The van der Waals surface area contributed by atoms with Gasteiger partial charge in [-0.15, -0.1) is 0 Å². The van der Waals surface area contributed by atoms with E-state index in [4.69, 9.17) is 9.47 Å². The third-order valence-electron chi connectivity index (χ3n) is 6.63. The lowest BCUT2D eigenvalue weighted by Gasteiger charge is -2.28. The first-order chi connectivity index (χ1) is 17.3. The van der Waals surface area contributed by atoms with Crippen LogP contribution in [0.2, 0.25) is 0 Å². The van der Waals surface area contributed by atoms with Crippen molar-refractivity contribution >= 4 is 23.4 Å². The molecule has 0 N–H and O–H groups in total. The van der Waals surface area contributed by atoms with E-state index in [1.165, 1.54) is 9.80 Å². The molecule has 1 unspecified atom stereocenters. The van der Waals surface area contributed by atoms with Crippen LogP contribution in [0.5, 0.6) is 11.5 Å². The largest absolute Gasteiger partial charge is 0.454 e. The van der Waals surface area contributed by atoms with E-state index in [1.54, 1.807) is 30.3 Å². The number of carbonyl (C=O) groups is 3. The highest BCUT2D eigenvalue weighted by molar-refractivity contribution is 6.23. The lowest BCUT2D eigenvalue weighted by Crippen LogP contribution is -2.45. The predicted molar refractivity (Wildman–Crippen MR) is 135 cm³/mol. The molecule has 0 spiro atoms. The molecule has 7 heteroatoms. The fourth-order valence-corrected chi connectivity index (χ4v) is 4.64. The van der Waals surface area contributed by atoms with Crippen LogP contribution in [0, 0.1) is 6.92 Å². The third kappa shape index (κ3) is 4.44. The molecular weight excluding hydrogens is 456 g/mol. The van der Waals surface area contributed by atoms with E-state index in [-0.39, 0.29) is 31.6 Å². The Hall–Kier alpha value is -4.13. The molecule has 0 aromatic heterocycles. The summed E-state index contributed by atoms with van der Waals surface area (Å²) in [5.74, 6) is 0.532. The van der Waals surface area contributed by atoms with E-state index >= 15 is 0 Å². The van der Waals surface area contributed by atoms with Gasteiger partial charge in [0.1, 0.15) is 6.04 Å². The van der Waals surface area contributed by atoms with Gasteiger partial charge in [-0.3, -0.25) is 14.4 Å². The summed E-state index contributed by atoms with van der Waals surface area (Å²) in [7, 11) is 0. The first kappa shape index (κ1) is 23.6. The Morgan fingerprint density at radius 1 is 1.00 bits per heavy atom. The zero-order chi connectivity index (χ0) is 25.4. The summed E-state index contributed by atoms with van der Waals surface area (Å²) >= 11 is 0. The smallest absolute Gasteiger partial charge is 0.257 e. The standard InChI is InChI=1S/C29H28N2O5/c1-18(2)21-8-10-23(11-9-21)31-27(32)15-24(29(31)34)30(28(33)22-6-4-5-19(3)13-22)16-20-7-12-25-26(14-20)36-17-35-25/h4-14,18,24H,15-17H2,1-3H3. The van der Waals surface area contributed by atoms with Crippen LogP contribution in [-0.4, -0.2) is 35.5 Å². The molecule has 36 heavy (non-hydrogen) atoms. The summed E-state index contributed by atoms with van der Waals surface area (Å²) in [5.41, 5.74) is 3.82. The van der Waals surface area contributed by atoms with Crippen molar-refractivity contribution in [2.24, 2.45) is 0 Å². The van der Waals surface area contributed by atoms with Gasteiger partial charge < -0.3 is 14.4 Å². The zero-order valence-electron chi connectivity index (χ0n) is 20.6. The van der Waals surface area contributed by atoms with Crippen LogP contribution >= 0.6 is 0 Å². The van der Waals surface area contributed by atoms with Gasteiger partial charge in [-0.2, -0.15) is 0 Å². The second-order valence-electron chi connectivity index (χ2n) is 9.52. The van der Waals surface area contributed by atoms with E-state index in [0.29, 0.717) is 28.7 Å². The van der Waals surface area contributed by atoms with Crippen LogP contribution in [0.15, 0.2) is 66.7 Å². The summed E-state index contributed by atoms with van der Waals surface area (Å²) in [5, 5.41) is 0. The van der Waals surface area contributed by atoms with Crippen molar-refractivity contribution in [2.75, 3.05) is 11.7 Å². The van der Waals surface area contributed by atoms with Gasteiger partial charge in [0.2, 0.25) is 12.7 Å². The Labute approximate surface area is 210 Å². The van der Waals surface area contributed by atoms with Gasteiger partial charge in [0.15, 0.2) is 11.5 Å². The van der Waals surface area contributed by atoms with Crippen LogP contribution in [0.1, 0.15) is 53.2 Å². The number of benzene rings is 3. The fraction of sp³-hybridized carbons (Fsp3) is 0.276. The Morgan fingerprint density at radius 3 is 2.47 bits per heavy atom. The van der Waals surface area contributed by atoms with Gasteiger partial charge in [-0.1, -0.05) is 49.7 Å². The van der Waals surface area contributed by atoms with E-state index in [0.717, 1.165) is 16.7 Å². The number of hydrogen-bond donors (Lipinski definition) is 0. The Morgan fingerprint density at radius 2 is 1.75 bits per heavy atom. The molecular formula is C29H28N2O5. The molecule has 2 aliphatic rings. The maximum Gasteiger partial charge on any atom is 0.257 e. The van der Waals surface area contributed by atoms with E-state index in [2.05, 4.69) is 13.8 Å². The number of anilines is 1. The molecule has 0 saturated carbocycles. The normalized spacial score (nSPS) is 16.7. The molecule has 1 saturated heterocycles. The highest BCUT2D eigenvalue weighted by Gasteiger charge is 2.44. The van der Waals surface area contributed by atoms with Crippen molar-refractivity contribution in [1.29, 1.82) is 0 Å². The van der Waals surface area contributed by atoms with Crippen LogP contribution in [0.3, 0.4) is 0 Å². The molecule has 1 atom stereocenters. The van der Waals surface area contributed by atoms with Crippen molar-refractivity contribution in [3.05, 3.63) is 89.0 Å². The van der Waals surface area contributed by atoms with Crippen molar-refractivity contribution in [3.63, 3.8) is 0 Å². The van der Waals surface area contributed by atoms with Gasteiger partial charge in [-0.05, 0) is 60.4 Å². The number of imide groups is 1. The summed E-state index contributed by atoms with van der Waals surface area (Å²) in [4.78, 5) is 43.1. The molecule has 3 amide bonds. The minimum absolute atomic E-state index is 0.0765. The third-order valence-corrected chi connectivity index (χ3v) is 6.63. The van der Waals surface area contributed by atoms with Gasteiger partial charge in [0.05, 0.1) is 12.1 Å². The molecule has 0 radical (unpaired) electrons. The van der Waals surface area contributed by atoms with Crippen molar-refractivity contribution in [1.82, 2.24) is 4.90 Å². The fourth-order valence-electron chi connectivity index (χ4n) is 4.64. The first-order valence-corrected chi connectivity index (χ1v) is 12.0. The highest BCUT2D eigenvalue weighted by atomic mass is 16.7.